The molecule has 0 radical (unpaired) electrons. The molecular weight excluding hydrogens is 526 g/mol. The van der Waals surface area contributed by atoms with Crippen LogP contribution in [0.5, 0.6) is 11.5 Å². The van der Waals surface area contributed by atoms with Gasteiger partial charge in [-0.15, -0.1) is 0 Å². The first kappa shape index (κ1) is 34.5. The summed E-state index contributed by atoms with van der Waals surface area (Å²) in [6.45, 7) is 11.6. The van der Waals surface area contributed by atoms with Crippen LogP contribution in [0.2, 0.25) is 0 Å². The zero-order chi connectivity index (χ0) is 30.1. The number of esters is 1. The number of hydrogen-bond donors (Lipinski definition) is 1. The van der Waals surface area contributed by atoms with Crippen LogP contribution in [0, 0.1) is 11.8 Å². The number of benzene rings is 1. The third-order valence-corrected chi connectivity index (χ3v) is 5.09. The lowest BCUT2D eigenvalue weighted by molar-refractivity contribution is -0.143. The van der Waals surface area contributed by atoms with E-state index in [9.17, 15) is 19.2 Å². The lowest BCUT2D eigenvalue weighted by Crippen LogP contribution is -2.41. The normalized spacial score (nSPS) is 12.3. The Morgan fingerprint density at radius 3 is 1.98 bits per heavy atom. The average Bonchev–Trinajstić information content (AvgIpc) is 2.89. The average molecular weight is 570 g/mol. The van der Waals surface area contributed by atoms with Gasteiger partial charge in [0.25, 0.3) is 0 Å². The topological polar surface area (TPSA) is 145 Å². The summed E-state index contributed by atoms with van der Waals surface area (Å²) in [6, 6.07) is 3.63. The van der Waals surface area contributed by atoms with Gasteiger partial charge in [-0.05, 0) is 49.3 Å². The van der Waals surface area contributed by atoms with Crippen molar-refractivity contribution >= 4 is 24.4 Å². The van der Waals surface area contributed by atoms with Gasteiger partial charge in [0.15, 0.2) is 11.5 Å². The number of rotatable bonds is 16. The van der Waals surface area contributed by atoms with Crippen LogP contribution < -0.4 is 14.8 Å². The summed E-state index contributed by atoms with van der Waals surface area (Å²) >= 11 is 0. The van der Waals surface area contributed by atoms with E-state index in [1.54, 1.807) is 13.0 Å². The second-order valence-corrected chi connectivity index (χ2v) is 9.94. The van der Waals surface area contributed by atoms with Gasteiger partial charge in [-0.1, -0.05) is 47.1 Å². The van der Waals surface area contributed by atoms with Crippen molar-refractivity contribution in [2.75, 3.05) is 33.5 Å². The summed E-state index contributed by atoms with van der Waals surface area (Å²) in [6.07, 6.45) is -1.27. The molecule has 0 heterocycles. The Labute approximate surface area is 235 Å². The maximum atomic E-state index is 12.4. The maximum Gasteiger partial charge on any atom is 0.513 e. The minimum atomic E-state index is -0.980. The number of ether oxygens (including phenoxy) is 7. The Morgan fingerprint density at radius 2 is 1.43 bits per heavy atom. The number of methoxy groups -OCH3 is 1. The highest BCUT2D eigenvalue weighted by atomic mass is 16.7. The molecule has 0 aliphatic carbocycles. The molecule has 40 heavy (non-hydrogen) atoms. The molecule has 226 valence electrons. The highest BCUT2D eigenvalue weighted by Crippen LogP contribution is 2.30. The lowest BCUT2D eigenvalue weighted by Gasteiger charge is -2.18. The molecular formula is C28H43NO11. The first-order valence-corrected chi connectivity index (χ1v) is 13.4. The van der Waals surface area contributed by atoms with Gasteiger partial charge in [-0.3, -0.25) is 4.79 Å². The van der Waals surface area contributed by atoms with Crippen LogP contribution in [-0.4, -0.2) is 70.1 Å². The molecule has 0 spiro atoms. The molecule has 0 aromatic heterocycles. The van der Waals surface area contributed by atoms with E-state index in [2.05, 4.69) is 5.32 Å². The third kappa shape index (κ3) is 14.6. The van der Waals surface area contributed by atoms with Crippen molar-refractivity contribution < 1.29 is 52.3 Å². The quantitative estimate of drug-likeness (QED) is 0.123. The molecule has 0 saturated carbocycles. The van der Waals surface area contributed by atoms with Gasteiger partial charge in [0.2, 0.25) is 0 Å². The molecule has 0 aliphatic rings. The third-order valence-electron chi connectivity index (χ3n) is 5.09. The highest BCUT2D eigenvalue weighted by Gasteiger charge is 2.22. The van der Waals surface area contributed by atoms with Crippen LogP contribution in [0.25, 0.3) is 0 Å². The molecule has 1 N–H and O–H groups in total. The first-order chi connectivity index (χ1) is 18.9. The van der Waals surface area contributed by atoms with Crippen molar-refractivity contribution in [3.63, 3.8) is 0 Å². The van der Waals surface area contributed by atoms with Crippen molar-refractivity contribution in [2.24, 2.45) is 11.8 Å². The van der Waals surface area contributed by atoms with Crippen molar-refractivity contribution in [3.8, 4) is 11.5 Å². The number of carbonyl (C=O) groups excluding carboxylic acids is 4. The molecule has 12 nitrogen and oxygen atoms in total. The SMILES string of the molecule is CCCC(C)OC(=O)OCCN[C@@H](Cc1ccc(OC(=O)OCC(C)C)c(OC(=O)OCC(C)C)c1)C(=O)OC. The number of nitrogens with one attached hydrogen (secondary N) is 1. The fourth-order valence-corrected chi connectivity index (χ4v) is 3.20. The fraction of sp³-hybridized carbons (Fsp3) is 0.643. The summed E-state index contributed by atoms with van der Waals surface area (Å²) < 4.78 is 35.7. The zero-order valence-electron chi connectivity index (χ0n) is 24.5. The fourth-order valence-electron chi connectivity index (χ4n) is 3.20. The molecule has 0 aliphatic heterocycles. The largest absolute Gasteiger partial charge is 0.513 e. The Kier molecular flexibility index (Phi) is 16.1. The summed E-state index contributed by atoms with van der Waals surface area (Å²) in [5.41, 5.74) is 0.547. The van der Waals surface area contributed by atoms with Crippen LogP contribution in [0.4, 0.5) is 14.4 Å². The summed E-state index contributed by atoms with van der Waals surface area (Å²) in [7, 11) is 1.25. The van der Waals surface area contributed by atoms with E-state index in [1.807, 2.05) is 34.6 Å². The molecule has 12 heteroatoms. The summed E-state index contributed by atoms with van der Waals surface area (Å²) in [4.78, 5) is 48.5. The highest BCUT2D eigenvalue weighted by molar-refractivity contribution is 5.76. The minimum absolute atomic E-state index is 0.0352. The predicted molar refractivity (Wildman–Crippen MR) is 144 cm³/mol. The Bertz CT molecular complexity index is 948. The minimum Gasteiger partial charge on any atom is -0.468 e. The molecule has 2 atom stereocenters. The Morgan fingerprint density at radius 1 is 0.825 bits per heavy atom. The van der Waals surface area contributed by atoms with Gasteiger partial charge in [0.1, 0.15) is 18.8 Å². The van der Waals surface area contributed by atoms with Gasteiger partial charge in [0.05, 0.1) is 20.3 Å². The summed E-state index contributed by atoms with van der Waals surface area (Å²) in [5, 5.41) is 2.97. The number of carbonyl (C=O) groups is 4. The van der Waals surface area contributed by atoms with Gasteiger partial charge in [0, 0.05) is 6.54 Å². The van der Waals surface area contributed by atoms with E-state index in [0.29, 0.717) is 5.56 Å². The predicted octanol–water partition coefficient (Wildman–Crippen LogP) is 5.04. The van der Waals surface area contributed by atoms with Crippen LogP contribution in [0.3, 0.4) is 0 Å². The van der Waals surface area contributed by atoms with E-state index in [-0.39, 0.29) is 62.2 Å². The van der Waals surface area contributed by atoms with E-state index in [4.69, 9.17) is 33.2 Å². The van der Waals surface area contributed by atoms with Gasteiger partial charge >= 0.3 is 24.4 Å². The first-order valence-electron chi connectivity index (χ1n) is 13.4. The molecule has 0 amide bonds. The Balaban J connectivity index is 2.93. The van der Waals surface area contributed by atoms with E-state index < -0.39 is 30.5 Å². The van der Waals surface area contributed by atoms with Crippen LogP contribution in [0.1, 0.15) is 59.9 Å². The van der Waals surface area contributed by atoms with Gasteiger partial charge in [-0.25, -0.2) is 14.4 Å². The Hall–Kier alpha value is -3.54. The second kappa shape index (κ2) is 18.7. The van der Waals surface area contributed by atoms with E-state index in [1.165, 1.54) is 19.2 Å². The molecule has 1 aromatic rings. The molecule has 1 rings (SSSR count). The monoisotopic (exact) mass is 569 g/mol. The van der Waals surface area contributed by atoms with Crippen LogP contribution in [0.15, 0.2) is 18.2 Å². The van der Waals surface area contributed by atoms with E-state index in [0.717, 1.165) is 12.8 Å². The van der Waals surface area contributed by atoms with Gasteiger partial charge < -0.3 is 38.5 Å². The van der Waals surface area contributed by atoms with Gasteiger partial charge in [-0.2, -0.15) is 0 Å². The van der Waals surface area contributed by atoms with Crippen molar-refractivity contribution in [3.05, 3.63) is 23.8 Å². The van der Waals surface area contributed by atoms with E-state index >= 15 is 0 Å². The summed E-state index contributed by atoms with van der Waals surface area (Å²) in [5.74, 6) is -0.539. The number of hydrogen-bond acceptors (Lipinski definition) is 12. The van der Waals surface area contributed by atoms with Crippen molar-refractivity contribution in [1.82, 2.24) is 5.32 Å². The standard InChI is InChI=1S/C28H43NO11/c1-8-9-20(6)38-26(31)35-13-12-29-22(25(30)34-7)14-21-10-11-23(39-27(32)36-16-18(2)3)24(15-21)40-28(33)37-17-19(4)5/h10-11,15,18-20,22,29H,8-9,12-14,16-17H2,1-7H3/t20?,22-/m0/s1. The lowest BCUT2D eigenvalue weighted by atomic mass is 10.1. The zero-order valence-corrected chi connectivity index (χ0v) is 24.5. The molecule has 0 fully saturated rings. The van der Waals surface area contributed by atoms with Crippen LogP contribution >= 0.6 is 0 Å². The molecule has 1 unspecified atom stereocenters. The maximum absolute atomic E-state index is 12.4. The van der Waals surface area contributed by atoms with Crippen molar-refractivity contribution in [2.45, 2.75) is 73.0 Å². The molecule has 1 aromatic carbocycles. The molecule has 0 saturated heterocycles. The second-order valence-electron chi connectivity index (χ2n) is 9.94. The van der Waals surface area contributed by atoms with Crippen molar-refractivity contribution in [1.29, 1.82) is 0 Å². The molecule has 0 bridgehead atoms. The smallest absolute Gasteiger partial charge is 0.468 e. The van der Waals surface area contributed by atoms with Crippen LogP contribution in [-0.2, 0) is 34.9 Å².